The minimum atomic E-state index is 0.617. The van der Waals surface area contributed by atoms with Crippen molar-refractivity contribution in [2.75, 3.05) is 5.73 Å². The lowest BCUT2D eigenvalue weighted by molar-refractivity contribution is 0.624. The number of nitrogen functional groups attached to an aromatic ring is 1. The monoisotopic (exact) mass is 230 g/mol. The molecule has 0 saturated heterocycles. The molecule has 4 heteroatoms. The highest BCUT2D eigenvalue weighted by atomic mass is 15.3. The van der Waals surface area contributed by atoms with Gasteiger partial charge >= 0.3 is 0 Å². The van der Waals surface area contributed by atoms with Crippen LogP contribution in [-0.4, -0.2) is 14.8 Å². The van der Waals surface area contributed by atoms with E-state index in [-0.39, 0.29) is 0 Å². The van der Waals surface area contributed by atoms with Gasteiger partial charge in [-0.05, 0) is 38.5 Å². The van der Waals surface area contributed by atoms with Crippen LogP contribution in [0, 0.1) is 13.8 Å². The van der Waals surface area contributed by atoms with Crippen molar-refractivity contribution < 1.29 is 0 Å². The van der Waals surface area contributed by atoms with Crippen LogP contribution >= 0.6 is 0 Å². The summed E-state index contributed by atoms with van der Waals surface area (Å²) in [5.74, 6) is 0.617. The normalized spacial score (nSPS) is 10.8. The van der Waals surface area contributed by atoms with Gasteiger partial charge in [0.15, 0.2) is 0 Å². The Labute approximate surface area is 101 Å². The number of pyridine rings is 1. The molecule has 0 atom stereocenters. The topological polar surface area (TPSA) is 56.7 Å². The third-order valence-corrected chi connectivity index (χ3v) is 2.97. The van der Waals surface area contributed by atoms with Crippen LogP contribution in [0.25, 0.3) is 0 Å². The Morgan fingerprint density at radius 2 is 2.12 bits per heavy atom. The average Bonchev–Trinajstić information content (AvgIpc) is 2.64. The van der Waals surface area contributed by atoms with E-state index in [4.69, 9.17) is 5.73 Å². The standard InChI is InChI=1S/C13H18N4/c1-4-17-11(7-10(3)16-17)8-12-9(2)5-6-15-13(12)14/h5-7H,4,8H2,1-3H3,(H2,14,15). The summed E-state index contributed by atoms with van der Waals surface area (Å²) in [6.45, 7) is 7.04. The maximum absolute atomic E-state index is 5.93. The molecule has 0 saturated carbocycles. The molecule has 0 aliphatic rings. The van der Waals surface area contributed by atoms with E-state index in [1.54, 1.807) is 6.20 Å². The molecule has 0 aliphatic heterocycles. The van der Waals surface area contributed by atoms with Crippen LogP contribution in [-0.2, 0) is 13.0 Å². The fourth-order valence-corrected chi connectivity index (χ4v) is 2.04. The Morgan fingerprint density at radius 1 is 1.35 bits per heavy atom. The summed E-state index contributed by atoms with van der Waals surface area (Å²) in [7, 11) is 0. The lowest BCUT2D eigenvalue weighted by atomic mass is 10.1. The molecule has 2 aromatic heterocycles. The molecule has 90 valence electrons. The number of rotatable bonds is 3. The Kier molecular flexibility index (Phi) is 3.13. The Hall–Kier alpha value is -1.84. The maximum Gasteiger partial charge on any atom is 0.127 e. The second kappa shape index (κ2) is 4.57. The second-order valence-electron chi connectivity index (χ2n) is 4.26. The third kappa shape index (κ3) is 2.30. The van der Waals surface area contributed by atoms with Gasteiger partial charge < -0.3 is 5.73 Å². The smallest absolute Gasteiger partial charge is 0.127 e. The average molecular weight is 230 g/mol. The molecule has 0 amide bonds. The summed E-state index contributed by atoms with van der Waals surface area (Å²) in [5, 5.41) is 4.44. The first-order valence-electron chi connectivity index (χ1n) is 5.85. The molecule has 0 spiro atoms. The molecule has 2 N–H and O–H groups in total. The fourth-order valence-electron chi connectivity index (χ4n) is 2.04. The molecule has 2 aromatic rings. The third-order valence-electron chi connectivity index (χ3n) is 2.97. The van der Waals surface area contributed by atoms with Gasteiger partial charge in [0, 0.05) is 30.4 Å². The Balaban J connectivity index is 2.37. The van der Waals surface area contributed by atoms with E-state index in [9.17, 15) is 0 Å². The van der Waals surface area contributed by atoms with Crippen LogP contribution in [0.5, 0.6) is 0 Å². The summed E-state index contributed by atoms with van der Waals surface area (Å²) in [4.78, 5) is 4.15. The maximum atomic E-state index is 5.93. The molecule has 0 unspecified atom stereocenters. The zero-order chi connectivity index (χ0) is 12.4. The highest BCUT2D eigenvalue weighted by Gasteiger charge is 2.09. The first-order valence-corrected chi connectivity index (χ1v) is 5.85. The van der Waals surface area contributed by atoms with Gasteiger partial charge in [-0.3, -0.25) is 4.68 Å². The quantitative estimate of drug-likeness (QED) is 0.878. The van der Waals surface area contributed by atoms with Crippen LogP contribution in [0.3, 0.4) is 0 Å². The van der Waals surface area contributed by atoms with Crippen LogP contribution in [0.4, 0.5) is 5.82 Å². The molecule has 0 fully saturated rings. The minimum absolute atomic E-state index is 0.617. The number of hydrogen-bond donors (Lipinski definition) is 1. The summed E-state index contributed by atoms with van der Waals surface area (Å²) < 4.78 is 2.02. The van der Waals surface area contributed by atoms with Crippen molar-refractivity contribution in [3.63, 3.8) is 0 Å². The first-order chi connectivity index (χ1) is 8.11. The van der Waals surface area contributed by atoms with E-state index in [2.05, 4.69) is 30.0 Å². The molecule has 17 heavy (non-hydrogen) atoms. The summed E-state index contributed by atoms with van der Waals surface area (Å²) >= 11 is 0. The molecular weight excluding hydrogens is 212 g/mol. The Bertz CT molecular complexity index is 508. The molecule has 0 aromatic carbocycles. The lowest BCUT2D eigenvalue weighted by Crippen LogP contribution is -2.06. The van der Waals surface area contributed by atoms with Gasteiger partial charge in [0.05, 0.1) is 5.69 Å². The molecule has 0 bridgehead atoms. The molecule has 0 radical (unpaired) electrons. The second-order valence-corrected chi connectivity index (χ2v) is 4.26. The van der Waals surface area contributed by atoms with Crippen LogP contribution in [0.2, 0.25) is 0 Å². The van der Waals surface area contributed by atoms with Crippen LogP contribution in [0.1, 0.15) is 29.4 Å². The van der Waals surface area contributed by atoms with Gasteiger partial charge in [0.25, 0.3) is 0 Å². The molecule has 2 rings (SSSR count). The zero-order valence-corrected chi connectivity index (χ0v) is 10.6. The van der Waals surface area contributed by atoms with Crippen LogP contribution in [0.15, 0.2) is 18.3 Å². The van der Waals surface area contributed by atoms with Gasteiger partial charge in [-0.15, -0.1) is 0 Å². The van der Waals surface area contributed by atoms with Crippen molar-refractivity contribution in [1.29, 1.82) is 0 Å². The summed E-state index contributed by atoms with van der Waals surface area (Å²) in [5.41, 5.74) is 10.4. The van der Waals surface area contributed by atoms with Crippen molar-refractivity contribution in [2.24, 2.45) is 0 Å². The highest BCUT2D eigenvalue weighted by Crippen LogP contribution is 2.18. The number of nitrogens with two attached hydrogens (primary N) is 1. The number of hydrogen-bond acceptors (Lipinski definition) is 3. The van der Waals surface area contributed by atoms with E-state index in [1.807, 2.05) is 17.7 Å². The highest BCUT2D eigenvalue weighted by molar-refractivity contribution is 5.45. The van der Waals surface area contributed by atoms with Crippen molar-refractivity contribution in [1.82, 2.24) is 14.8 Å². The minimum Gasteiger partial charge on any atom is -0.383 e. The zero-order valence-electron chi connectivity index (χ0n) is 10.6. The van der Waals surface area contributed by atoms with Gasteiger partial charge in [-0.1, -0.05) is 0 Å². The number of aryl methyl sites for hydroxylation is 3. The Morgan fingerprint density at radius 3 is 2.76 bits per heavy atom. The summed E-state index contributed by atoms with van der Waals surface area (Å²) in [6.07, 6.45) is 2.54. The van der Waals surface area contributed by atoms with Gasteiger partial charge in [-0.2, -0.15) is 5.10 Å². The number of nitrogens with zero attached hydrogens (tertiary/aromatic N) is 3. The van der Waals surface area contributed by atoms with E-state index < -0.39 is 0 Å². The van der Waals surface area contributed by atoms with Crippen LogP contribution < -0.4 is 5.73 Å². The van der Waals surface area contributed by atoms with Gasteiger partial charge in [-0.25, -0.2) is 4.98 Å². The summed E-state index contributed by atoms with van der Waals surface area (Å²) in [6, 6.07) is 4.10. The van der Waals surface area contributed by atoms with Crippen molar-refractivity contribution in [3.8, 4) is 0 Å². The van der Waals surface area contributed by atoms with E-state index in [0.717, 1.165) is 24.2 Å². The van der Waals surface area contributed by atoms with Crippen molar-refractivity contribution >= 4 is 5.82 Å². The molecular formula is C13H18N4. The van der Waals surface area contributed by atoms with E-state index >= 15 is 0 Å². The predicted molar refractivity (Wildman–Crippen MR) is 68.8 cm³/mol. The van der Waals surface area contributed by atoms with Crippen molar-refractivity contribution in [2.45, 2.75) is 33.7 Å². The first kappa shape index (κ1) is 11.6. The predicted octanol–water partition coefficient (Wildman–Crippen LogP) is 2.09. The van der Waals surface area contributed by atoms with E-state index in [0.29, 0.717) is 5.82 Å². The number of anilines is 1. The molecule has 0 aliphatic carbocycles. The SMILES string of the molecule is CCn1nc(C)cc1Cc1c(C)ccnc1N. The number of aromatic nitrogens is 3. The lowest BCUT2D eigenvalue weighted by Gasteiger charge is -2.09. The fraction of sp³-hybridized carbons (Fsp3) is 0.385. The van der Waals surface area contributed by atoms with Gasteiger partial charge in [0.1, 0.15) is 5.82 Å². The molecule has 2 heterocycles. The largest absolute Gasteiger partial charge is 0.383 e. The van der Waals surface area contributed by atoms with Crippen molar-refractivity contribution in [3.05, 3.63) is 40.8 Å². The van der Waals surface area contributed by atoms with Gasteiger partial charge in [0.2, 0.25) is 0 Å². The van der Waals surface area contributed by atoms with E-state index in [1.165, 1.54) is 11.3 Å². The molecule has 4 nitrogen and oxygen atoms in total.